The van der Waals surface area contributed by atoms with Crippen molar-refractivity contribution in [2.24, 2.45) is 17.3 Å². The van der Waals surface area contributed by atoms with Crippen LogP contribution < -0.4 is 0 Å². The first-order valence-electron chi connectivity index (χ1n) is 7.31. The number of ether oxygens (including phenoxy) is 2. The van der Waals surface area contributed by atoms with Gasteiger partial charge >= 0.3 is 0 Å². The van der Waals surface area contributed by atoms with Crippen LogP contribution in [0.3, 0.4) is 0 Å². The molecule has 0 amide bonds. The van der Waals surface area contributed by atoms with Crippen molar-refractivity contribution >= 4 is 0 Å². The zero-order valence-electron chi connectivity index (χ0n) is 11.4. The lowest BCUT2D eigenvalue weighted by Gasteiger charge is -2.37. The van der Waals surface area contributed by atoms with Gasteiger partial charge in [-0.05, 0) is 30.6 Å². The van der Waals surface area contributed by atoms with Crippen molar-refractivity contribution in [2.45, 2.75) is 45.3 Å². The molecule has 2 heteroatoms. The Bertz CT molecular complexity index is 442. The van der Waals surface area contributed by atoms with E-state index in [4.69, 9.17) is 9.47 Å². The number of hydrogen-bond donors (Lipinski definition) is 0. The first kappa shape index (κ1) is 11.2. The highest BCUT2D eigenvalue weighted by molar-refractivity contribution is 5.39. The summed E-state index contributed by atoms with van der Waals surface area (Å²) in [6.45, 7) is 6.36. The minimum absolute atomic E-state index is 0.265. The number of allylic oxidation sites excluding steroid dienone is 4. The summed E-state index contributed by atoms with van der Waals surface area (Å²) in [6, 6.07) is 0. The highest BCUT2D eigenvalue weighted by atomic mass is 16.7. The van der Waals surface area contributed by atoms with Crippen LogP contribution in [0.25, 0.3) is 0 Å². The molecule has 1 saturated heterocycles. The molecule has 18 heavy (non-hydrogen) atoms. The number of fused-ring (bicyclic) bond motifs is 2. The van der Waals surface area contributed by atoms with Gasteiger partial charge in [-0.25, -0.2) is 0 Å². The highest BCUT2D eigenvalue weighted by Crippen LogP contribution is 2.66. The molecule has 1 aliphatic heterocycles. The molecule has 4 rings (SSSR count). The molecule has 4 aliphatic rings. The summed E-state index contributed by atoms with van der Waals surface area (Å²) in [5.74, 6) is 0.950. The van der Waals surface area contributed by atoms with Crippen LogP contribution in [0, 0.1) is 17.3 Å². The van der Waals surface area contributed by atoms with Crippen LogP contribution in [0.1, 0.15) is 39.5 Å². The molecule has 0 aromatic carbocycles. The van der Waals surface area contributed by atoms with E-state index in [1.165, 1.54) is 12.8 Å². The van der Waals surface area contributed by atoms with E-state index in [2.05, 4.69) is 26.0 Å². The summed E-state index contributed by atoms with van der Waals surface area (Å²) in [4.78, 5) is 0. The van der Waals surface area contributed by atoms with Crippen molar-refractivity contribution in [3.05, 3.63) is 23.3 Å². The maximum atomic E-state index is 6.03. The Kier molecular flexibility index (Phi) is 2.18. The minimum atomic E-state index is -0.265. The quantitative estimate of drug-likeness (QED) is 0.610. The summed E-state index contributed by atoms with van der Waals surface area (Å²) >= 11 is 0. The summed E-state index contributed by atoms with van der Waals surface area (Å²) < 4.78 is 12.1. The maximum absolute atomic E-state index is 6.03. The fraction of sp³-hybridized carbons (Fsp3) is 0.750. The summed E-state index contributed by atoms with van der Waals surface area (Å²) in [5.41, 5.74) is 3.73. The lowest BCUT2D eigenvalue weighted by Crippen LogP contribution is -2.39. The first-order chi connectivity index (χ1) is 8.67. The molecule has 98 valence electrons. The van der Waals surface area contributed by atoms with Gasteiger partial charge in [0.25, 0.3) is 0 Å². The first-order valence-corrected chi connectivity index (χ1v) is 7.31. The molecule has 1 heterocycles. The van der Waals surface area contributed by atoms with E-state index in [9.17, 15) is 0 Å². The standard InChI is InChI=1S/C16H22O2/c1-11-15(2)13(10-16(11)17-7-8-18-16)9-12-5-3-4-6-14(12)15/h3-4,11,13H,5-10H2,1-2H3/t11-,13+,15-/m1/s1. The van der Waals surface area contributed by atoms with E-state index in [1.807, 2.05) is 0 Å². The van der Waals surface area contributed by atoms with Crippen molar-refractivity contribution in [1.82, 2.24) is 0 Å². The van der Waals surface area contributed by atoms with Gasteiger partial charge in [-0.2, -0.15) is 0 Å². The molecule has 0 bridgehead atoms. The average molecular weight is 246 g/mol. The van der Waals surface area contributed by atoms with Crippen LogP contribution in [0.2, 0.25) is 0 Å². The fourth-order valence-corrected chi connectivity index (χ4v) is 4.97. The van der Waals surface area contributed by atoms with Crippen molar-refractivity contribution in [3.8, 4) is 0 Å². The van der Waals surface area contributed by atoms with Crippen LogP contribution >= 0.6 is 0 Å². The normalized spacial score (nSPS) is 44.8. The Morgan fingerprint density at radius 3 is 2.67 bits per heavy atom. The van der Waals surface area contributed by atoms with Gasteiger partial charge in [-0.3, -0.25) is 0 Å². The Balaban J connectivity index is 1.75. The third kappa shape index (κ3) is 1.16. The molecule has 0 aromatic rings. The van der Waals surface area contributed by atoms with Crippen LogP contribution in [-0.4, -0.2) is 19.0 Å². The third-order valence-corrected chi connectivity index (χ3v) is 6.14. The topological polar surface area (TPSA) is 18.5 Å². The van der Waals surface area contributed by atoms with E-state index in [0.29, 0.717) is 11.3 Å². The van der Waals surface area contributed by atoms with Crippen LogP contribution in [0.4, 0.5) is 0 Å². The zero-order valence-corrected chi connectivity index (χ0v) is 11.4. The fourth-order valence-electron chi connectivity index (χ4n) is 4.97. The number of hydrogen-bond acceptors (Lipinski definition) is 2. The second kappa shape index (κ2) is 3.49. The van der Waals surface area contributed by atoms with Crippen LogP contribution in [0.5, 0.6) is 0 Å². The predicted octanol–water partition coefficient (Wildman–Crippen LogP) is 3.44. The third-order valence-electron chi connectivity index (χ3n) is 6.14. The molecule has 2 nitrogen and oxygen atoms in total. The maximum Gasteiger partial charge on any atom is 0.172 e. The van der Waals surface area contributed by atoms with Gasteiger partial charge in [-0.1, -0.05) is 37.1 Å². The van der Waals surface area contributed by atoms with Crippen LogP contribution in [-0.2, 0) is 9.47 Å². The van der Waals surface area contributed by atoms with Crippen molar-refractivity contribution in [1.29, 1.82) is 0 Å². The highest BCUT2D eigenvalue weighted by Gasteiger charge is 2.64. The largest absolute Gasteiger partial charge is 0.347 e. The molecule has 1 saturated carbocycles. The van der Waals surface area contributed by atoms with Crippen LogP contribution in [0.15, 0.2) is 23.3 Å². The Hall–Kier alpha value is -0.600. The Morgan fingerprint density at radius 1 is 1.17 bits per heavy atom. The Morgan fingerprint density at radius 2 is 1.89 bits per heavy atom. The van der Waals surface area contributed by atoms with Gasteiger partial charge in [0.2, 0.25) is 0 Å². The predicted molar refractivity (Wildman–Crippen MR) is 70.0 cm³/mol. The molecule has 3 aliphatic carbocycles. The lowest BCUT2D eigenvalue weighted by atomic mass is 9.70. The average Bonchev–Trinajstić information content (AvgIpc) is 3.00. The van der Waals surface area contributed by atoms with Crippen molar-refractivity contribution in [3.63, 3.8) is 0 Å². The second-order valence-electron chi connectivity index (χ2n) is 6.58. The molecular weight excluding hydrogens is 224 g/mol. The second-order valence-corrected chi connectivity index (χ2v) is 6.58. The molecular formula is C16H22O2. The molecule has 0 unspecified atom stereocenters. The van der Waals surface area contributed by atoms with Gasteiger partial charge in [0.05, 0.1) is 13.2 Å². The van der Waals surface area contributed by atoms with Gasteiger partial charge < -0.3 is 9.47 Å². The number of rotatable bonds is 0. The van der Waals surface area contributed by atoms with E-state index < -0.39 is 0 Å². The van der Waals surface area contributed by atoms with E-state index in [-0.39, 0.29) is 5.79 Å². The van der Waals surface area contributed by atoms with E-state index in [0.717, 1.165) is 32.0 Å². The van der Waals surface area contributed by atoms with Crippen molar-refractivity contribution < 1.29 is 9.47 Å². The molecule has 0 radical (unpaired) electrons. The minimum Gasteiger partial charge on any atom is -0.347 e. The van der Waals surface area contributed by atoms with Crippen molar-refractivity contribution in [2.75, 3.05) is 13.2 Å². The monoisotopic (exact) mass is 246 g/mol. The summed E-state index contributed by atoms with van der Waals surface area (Å²) in [6.07, 6.45) is 9.39. The summed E-state index contributed by atoms with van der Waals surface area (Å²) in [7, 11) is 0. The molecule has 0 N–H and O–H groups in total. The smallest absolute Gasteiger partial charge is 0.172 e. The van der Waals surface area contributed by atoms with E-state index >= 15 is 0 Å². The molecule has 0 aromatic heterocycles. The van der Waals surface area contributed by atoms with Gasteiger partial charge in [0.15, 0.2) is 5.79 Å². The van der Waals surface area contributed by atoms with Gasteiger partial charge in [-0.15, -0.1) is 0 Å². The molecule has 2 fully saturated rings. The zero-order chi connectivity index (χ0) is 12.4. The van der Waals surface area contributed by atoms with Gasteiger partial charge in [0, 0.05) is 12.3 Å². The van der Waals surface area contributed by atoms with Gasteiger partial charge in [0.1, 0.15) is 0 Å². The summed E-state index contributed by atoms with van der Waals surface area (Å²) in [5, 5.41) is 0. The molecule has 3 atom stereocenters. The van der Waals surface area contributed by atoms with E-state index in [1.54, 1.807) is 11.1 Å². The Labute approximate surface area is 109 Å². The lowest BCUT2D eigenvalue weighted by molar-refractivity contribution is -0.186. The molecule has 1 spiro atoms. The SMILES string of the molecule is C[C@H]1C2(C[C@@H]3CC4=C(CC=CC4)[C@@]31C)OCCO2.